The van der Waals surface area contributed by atoms with Gasteiger partial charge in [-0.3, -0.25) is 0 Å². The topological polar surface area (TPSA) is 43.6 Å². The standard InChI is InChI=1S/C47H32F2N4/c1-29-20-23-35(30(2)26-29)33-22-25-42-38(27-33)36-16-9-10-19-41(36)53(42)43-28-34(44-39(48)17-11-18-40(44)49)21-24-37(43)47-51-45(31-12-5-3-6-13-31)50-46(52-47)32-14-7-4-8-15-32/h3-28H,1-2H3. The van der Waals surface area contributed by atoms with E-state index < -0.39 is 11.6 Å². The maximum absolute atomic E-state index is 15.4. The highest BCUT2D eigenvalue weighted by Gasteiger charge is 2.22. The van der Waals surface area contributed by atoms with E-state index in [1.165, 1.54) is 34.9 Å². The monoisotopic (exact) mass is 690 g/mol. The van der Waals surface area contributed by atoms with Crippen molar-refractivity contribution in [1.82, 2.24) is 19.5 Å². The summed E-state index contributed by atoms with van der Waals surface area (Å²) in [6, 6.07) is 50.2. The van der Waals surface area contributed by atoms with Gasteiger partial charge in [0, 0.05) is 27.5 Å². The minimum absolute atomic E-state index is 0.0937. The molecule has 0 spiro atoms. The first-order valence-electron chi connectivity index (χ1n) is 17.5. The van der Waals surface area contributed by atoms with Crippen molar-refractivity contribution >= 4 is 21.8 Å². The summed E-state index contributed by atoms with van der Waals surface area (Å²) in [6.45, 7) is 4.24. The summed E-state index contributed by atoms with van der Waals surface area (Å²) < 4.78 is 33.0. The fraction of sp³-hybridized carbons (Fsp3) is 0.0426. The van der Waals surface area contributed by atoms with E-state index in [1.807, 2.05) is 84.9 Å². The van der Waals surface area contributed by atoms with Gasteiger partial charge >= 0.3 is 0 Å². The Balaban J connectivity index is 1.35. The van der Waals surface area contributed by atoms with Gasteiger partial charge in [0.2, 0.25) is 0 Å². The Morgan fingerprint density at radius 2 is 1.02 bits per heavy atom. The van der Waals surface area contributed by atoms with Gasteiger partial charge in [0.25, 0.3) is 0 Å². The van der Waals surface area contributed by atoms with Crippen LogP contribution in [0.4, 0.5) is 8.78 Å². The Kier molecular flexibility index (Phi) is 7.93. The van der Waals surface area contributed by atoms with Crippen molar-refractivity contribution in [1.29, 1.82) is 0 Å². The smallest absolute Gasteiger partial charge is 0.166 e. The van der Waals surface area contributed by atoms with Crippen molar-refractivity contribution < 1.29 is 8.78 Å². The molecule has 0 unspecified atom stereocenters. The van der Waals surface area contributed by atoms with E-state index in [1.54, 1.807) is 6.07 Å². The molecule has 7 aromatic carbocycles. The van der Waals surface area contributed by atoms with Gasteiger partial charge in [0.05, 0.1) is 22.3 Å². The predicted molar refractivity (Wildman–Crippen MR) is 211 cm³/mol. The van der Waals surface area contributed by atoms with E-state index >= 15 is 8.78 Å². The van der Waals surface area contributed by atoms with Crippen molar-refractivity contribution in [3.05, 3.63) is 180 Å². The molecule has 0 aliphatic heterocycles. The van der Waals surface area contributed by atoms with Gasteiger partial charge in [0.15, 0.2) is 17.5 Å². The minimum atomic E-state index is -0.637. The number of benzene rings is 7. The van der Waals surface area contributed by atoms with Crippen LogP contribution >= 0.6 is 0 Å². The van der Waals surface area contributed by atoms with Gasteiger partial charge < -0.3 is 4.57 Å². The maximum Gasteiger partial charge on any atom is 0.166 e. The van der Waals surface area contributed by atoms with Gasteiger partial charge in [-0.25, -0.2) is 23.7 Å². The molecule has 9 aromatic rings. The molecule has 0 radical (unpaired) electrons. The SMILES string of the molecule is Cc1ccc(-c2ccc3c(c2)c2ccccc2n3-c2cc(-c3c(F)cccc3F)ccc2-c2nc(-c3ccccc3)nc(-c3ccccc3)n2)c(C)c1. The average Bonchev–Trinajstić information content (AvgIpc) is 3.52. The number of fused-ring (bicyclic) bond motifs is 3. The molecule has 0 bridgehead atoms. The Morgan fingerprint density at radius 3 is 1.70 bits per heavy atom. The number of rotatable bonds is 6. The lowest BCUT2D eigenvalue weighted by atomic mass is 9.97. The third-order valence-corrected chi connectivity index (χ3v) is 9.80. The first-order chi connectivity index (χ1) is 25.9. The van der Waals surface area contributed by atoms with Crippen LogP contribution in [0.1, 0.15) is 11.1 Å². The number of para-hydroxylation sites is 1. The van der Waals surface area contributed by atoms with E-state index in [0.29, 0.717) is 34.3 Å². The lowest BCUT2D eigenvalue weighted by Gasteiger charge is -2.17. The van der Waals surface area contributed by atoms with Crippen molar-refractivity contribution in [3.8, 4) is 62.1 Å². The van der Waals surface area contributed by atoms with Crippen LogP contribution < -0.4 is 0 Å². The number of aromatic nitrogens is 4. The van der Waals surface area contributed by atoms with E-state index in [4.69, 9.17) is 15.0 Å². The number of hydrogen-bond donors (Lipinski definition) is 0. The zero-order valence-electron chi connectivity index (χ0n) is 29.1. The molecule has 0 atom stereocenters. The van der Waals surface area contributed by atoms with E-state index in [9.17, 15) is 0 Å². The second-order valence-corrected chi connectivity index (χ2v) is 13.3. The molecule has 254 valence electrons. The second-order valence-electron chi connectivity index (χ2n) is 13.3. The highest BCUT2D eigenvalue weighted by molar-refractivity contribution is 6.11. The van der Waals surface area contributed by atoms with E-state index in [-0.39, 0.29) is 5.56 Å². The first kappa shape index (κ1) is 32.1. The molecule has 4 nitrogen and oxygen atoms in total. The maximum atomic E-state index is 15.4. The molecule has 53 heavy (non-hydrogen) atoms. The van der Waals surface area contributed by atoms with Crippen molar-refractivity contribution in [2.45, 2.75) is 13.8 Å². The molecular formula is C47H32F2N4. The zero-order valence-corrected chi connectivity index (χ0v) is 29.1. The van der Waals surface area contributed by atoms with Crippen LogP contribution in [-0.2, 0) is 0 Å². The molecular weight excluding hydrogens is 659 g/mol. The summed E-state index contributed by atoms with van der Waals surface area (Å²) in [4.78, 5) is 15.0. The molecule has 0 saturated heterocycles. The lowest BCUT2D eigenvalue weighted by molar-refractivity contribution is 0.589. The fourth-order valence-corrected chi connectivity index (χ4v) is 7.30. The summed E-state index contributed by atoms with van der Waals surface area (Å²) in [5.74, 6) is 0.199. The fourth-order valence-electron chi connectivity index (χ4n) is 7.30. The van der Waals surface area contributed by atoms with Crippen LogP contribution in [0.5, 0.6) is 0 Å². The summed E-state index contributed by atoms with van der Waals surface area (Å²) in [5, 5.41) is 2.10. The van der Waals surface area contributed by atoms with Crippen molar-refractivity contribution in [2.24, 2.45) is 0 Å². The summed E-state index contributed by atoms with van der Waals surface area (Å²) in [7, 11) is 0. The van der Waals surface area contributed by atoms with Crippen LogP contribution in [0.2, 0.25) is 0 Å². The van der Waals surface area contributed by atoms with E-state index in [0.717, 1.165) is 38.5 Å². The molecule has 0 aliphatic carbocycles. The summed E-state index contributed by atoms with van der Waals surface area (Å²) in [6.07, 6.45) is 0. The quantitative estimate of drug-likeness (QED) is 0.174. The average molecular weight is 691 g/mol. The third kappa shape index (κ3) is 5.75. The molecule has 2 aromatic heterocycles. The Labute approximate surface area is 305 Å². The van der Waals surface area contributed by atoms with Crippen LogP contribution in [0, 0.1) is 25.5 Å². The zero-order chi connectivity index (χ0) is 36.1. The molecule has 0 N–H and O–H groups in total. The summed E-state index contributed by atoms with van der Waals surface area (Å²) in [5.41, 5.74) is 9.93. The molecule has 0 fully saturated rings. The van der Waals surface area contributed by atoms with Gasteiger partial charge in [0.1, 0.15) is 11.6 Å². The lowest BCUT2D eigenvalue weighted by Crippen LogP contribution is -2.04. The summed E-state index contributed by atoms with van der Waals surface area (Å²) >= 11 is 0. The van der Waals surface area contributed by atoms with Crippen LogP contribution in [0.25, 0.3) is 83.9 Å². The third-order valence-electron chi connectivity index (χ3n) is 9.80. The minimum Gasteiger partial charge on any atom is -0.308 e. The van der Waals surface area contributed by atoms with Crippen LogP contribution in [0.3, 0.4) is 0 Å². The molecule has 0 saturated carbocycles. The number of hydrogen-bond acceptors (Lipinski definition) is 3. The van der Waals surface area contributed by atoms with Crippen LogP contribution in [0.15, 0.2) is 158 Å². The Hall–Kier alpha value is -6.79. The molecule has 0 aliphatic rings. The molecule has 0 amide bonds. The van der Waals surface area contributed by atoms with Gasteiger partial charge in [-0.2, -0.15) is 0 Å². The number of aryl methyl sites for hydroxylation is 2. The molecule has 2 heterocycles. The Morgan fingerprint density at radius 1 is 0.434 bits per heavy atom. The first-order valence-corrected chi connectivity index (χ1v) is 17.5. The van der Waals surface area contributed by atoms with Crippen molar-refractivity contribution in [2.75, 3.05) is 0 Å². The van der Waals surface area contributed by atoms with Crippen LogP contribution in [-0.4, -0.2) is 19.5 Å². The molecule has 9 rings (SSSR count). The van der Waals surface area contributed by atoms with Gasteiger partial charge in [-0.1, -0.05) is 121 Å². The number of halogens is 2. The van der Waals surface area contributed by atoms with Gasteiger partial charge in [-0.15, -0.1) is 0 Å². The second kappa shape index (κ2) is 13.1. The number of nitrogens with zero attached hydrogens (tertiary/aromatic N) is 4. The predicted octanol–water partition coefficient (Wildman–Crippen LogP) is 12.2. The van der Waals surface area contributed by atoms with E-state index in [2.05, 4.69) is 66.9 Å². The molecule has 6 heteroatoms. The van der Waals surface area contributed by atoms with Gasteiger partial charge in [-0.05, 0) is 78.6 Å². The highest BCUT2D eigenvalue weighted by atomic mass is 19.1. The Bertz CT molecular complexity index is 2750. The van der Waals surface area contributed by atoms with Crippen molar-refractivity contribution in [3.63, 3.8) is 0 Å². The normalized spacial score (nSPS) is 11.4. The highest BCUT2D eigenvalue weighted by Crippen LogP contribution is 2.40. The largest absolute Gasteiger partial charge is 0.308 e.